The van der Waals surface area contributed by atoms with Gasteiger partial charge in [0.15, 0.2) is 4.90 Å². The minimum absolute atomic E-state index is 0.434. The molecule has 1 N–H and O–H groups in total. The Balaban J connectivity index is 1.93. The molecule has 2 unspecified atom stereocenters. The van der Waals surface area contributed by atoms with Gasteiger partial charge in [-0.15, -0.1) is 4.72 Å². The van der Waals surface area contributed by atoms with Crippen LogP contribution in [0, 0.1) is 0 Å². The Morgan fingerprint density at radius 1 is 1.21 bits per heavy atom. The quantitative estimate of drug-likeness (QED) is 0.822. The minimum atomic E-state index is -1.05. The van der Waals surface area contributed by atoms with Crippen LogP contribution in [0.1, 0.15) is 63.9 Å². The second-order valence-electron chi connectivity index (χ2n) is 5.60. The van der Waals surface area contributed by atoms with E-state index in [1.54, 1.807) is 0 Å². The average Bonchev–Trinajstić information content (AvgIpc) is 2.47. The maximum absolute atomic E-state index is 12.3. The van der Waals surface area contributed by atoms with E-state index < -0.39 is 11.4 Å². The van der Waals surface area contributed by atoms with Gasteiger partial charge in [0.05, 0.1) is 17.4 Å². The fourth-order valence-corrected chi connectivity index (χ4v) is 3.65. The summed E-state index contributed by atoms with van der Waals surface area (Å²) in [6, 6.07) is 8.68. The number of benzene rings is 1. The highest BCUT2D eigenvalue weighted by Gasteiger charge is 2.20. The zero-order valence-electron chi connectivity index (χ0n) is 12.0. The largest absolute Gasteiger partial charge is 0.593 e. The van der Waals surface area contributed by atoms with Gasteiger partial charge in [-0.25, -0.2) is 0 Å². The first-order valence-electron chi connectivity index (χ1n) is 7.48. The highest BCUT2D eigenvalue weighted by atomic mass is 32.2. The van der Waals surface area contributed by atoms with Crippen molar-refractivity contribution in [2.45, 2.75) is 69.2 Å². The molecule has 0 aliphatic heterocycles. The second-order valence-corrected chi connectivity index (χ2v) is 6.84. The summed E-state index contributed by atoms with van der Waals surface area (Å²) >= 11 is -1.05. The van der Waals surface area contributed by atoms with E-state index in [2.05, 4.69) is 30.7 Å². The van der Waals surface area contributed by atoms with Crippen molar-refractivity contribution in [3.8, 4) is 0 Å². The highest BCUT2D eigenvalue weighted by molar-refractivity contribution is 7.89. The van der Waals surface area contributed by atoms with Crippen LogP contribution in [0.4, 0.5) is 0 Å². The lowest BCUT2D eigenvalue weighted by atomic mass is 9.96. The van der Waals surface area contributed by atoms with Crippen LogP contribution in [0.2, 0.25) is 0 Å². The van der Waals surface area contributed by atoms with Crippen molar-refractivity contribution in [1.29, 1.82) is 0 Å². The molecule has 2 rings (SSSR count). The molecule has 0 bridgehead atoms. The molecule has 1 fully saturated rings. The minimum Gasteiger partial charge on any atom is -0.593 e. The molecule has 0 saturated heterocycles. The molecule has 2 atom stereocenters. The third-order valence-electron chi connectivity index (χ3n) is 4.15. The van der Waals surface area contributed by atoms with Crippen LogP contribution in [0.15, 0.2) is 29.2 Å². The van der Waals surface area contributed by atoms with Crippen LogP contribution in [-0.2, 0) is 11.4 Å². The van der Waals surface area contributed by atoms with E-state index in [9.17, 15) is 4.55 Å². The summed E-state index contributed by atoms with van der Waals surface area (Å²) in [5, 5.41) is 0. The van der Waals surface area contributed by atoms with Gasteiger partial charge in [-0.2, -0.15) is 0 Å². The van der Waals surface area contributed by atoms with Crippen LogP contribution in [0.3, 0.4) is 0 Å². The molecule has 1 aromatic carbocycles. The first kappa shape index (κ1) is 14.9. The lowest BCUT2D eigenvalue weighted by Gasteiger charge is -2.23. The molecule has 3 heteroatoms. The number of hydrogen-bond acceptors (Lipinski definition) is 2. The molecule has 0 aromatic heterocycles. The zero-order valence-corrected chi connectivity index (χ0v) is 12.8. The van der Waals surface area contributed by atoms with Crippen molar-refractivity contribution >= 4 is 11.4 Å². The van der Waals surface area contributed by atoms with Gasteiger partial charge in [-0.3, -0.25) is 0 Å². The van der Waals surface area contributed by atoms with E-state index >= 15 is 0 Å². The topological polar surface area (TPSA) is 35.1 Å². The van der Waals surface area contributed by atoms with E-state index in [4.69, 9.17) is 0 Å². The van der Waals surface area contributed by atoms with Gasteiger partial charge < -0.3 is 4.55 Å². The average molecular weight is 279 g/mol. The summed E-state index contributed by atoms with van der Waals surface area (Å²) in [6.45, 7) is 4.42. The maximum atomic E-state index is 12.3. The van der Waals surface area contributed by atoms with Gasteiger partial charge >= 0.3 is 0 Å². The second kappa shape index (κ2) is 7.32. The van der Waals surface area contributed by atoms with Gasteiger partial charge in [0.1, 0.15) is 0 Å². The molecular weight excluding hydrogens is 254 g/mol. The Hall–Kier alpha value is -0.510. The smallest absolute Gasteiger partial charge is 0.173 e. The van der Waals surface area contributed by atoms with E-state index in [0.717, 1.165) is 24.2 Å². The monoisotopic (exact) mass is 279 g/mol. The lowest BCUT2D eigenvalue weighted by Crippen LogP contribution is -2.36. The Kier molecular flexibility index (Phi) is 5.74. The summed E-state index contributed by atoms with van der Waals surface area (Å²) in [4.78, 5) is 0.901. The Morgan fingerprint density at radius 2 is 1.84 bits per heavy atom. The van der Waals surface area contributed by atoms with Gasteiger partial charge in [0.2, 0.25) is 0 Å². The maximum Gasteiger partial charge on any atom is 0.173 e. The van der Waals surface area contributed by atoms with Crippen molar-refractivity contribution < 1.29 is 4.55 Å². The van der Waals surface area contributed by atoms with E-state index in [1.807, 2.05) is 12.1 Å². The van der Waals surface area contributed by atoms with Crippen LogP contribution in [0.5, 0.6) is 0 Å². The third kappa shape index (κ3) is 4.23. The highest BCUT2D eigenvalue weighted by Crippen LogP contribution is 2.22. The van der Waals surface area contributed by atoms with Crippen molar-refractivity contribution in [3.05, 3.63) is 29.8 Å². The summed E-state index contributed by atoms with van der Waals surface area (Å²) in [7, 11) is 0. The molecule has 1 aliphatic carbocycles. The number of hydrogen-bond donors (Lipinski definition) is 1. The van der Waals surface area contributed by atoms with Gasteiger partial charge in [-0.05, 0) is 42.9 Å². The normalized spacial score (nSPS) is 20.2. The first-order valence-corrected chi connectivity index (χ1v) is 8.63. The predicted octanol–water partition coefficient (Wildman–Crippen LogP) is 4.15. The fraction of sp³-hybridized carbons (Fsp3) is 0.625. The SMILES string of the molecule is CCC(C)c1ccc([S+]([O-])NC2CCCCC2)cc1. The summed E-state index contributed by atoms with van der Waals surface area (Å²) in [6.07, 6.45) is 7.33. The number of nitrogens with one attached hydrogen (secondary N) is 1. The molecule has 1 aliphatic rings. The summed E-state index contributed by atoms with van der Waals surface area (Å²) in [5.74, 6) is 0.578. The van der Waals surface area contributed by atoms with Crippen LogP contribution in [-0.4, -0.2) is 10.6 Å². The lowest BCUT2D eigenvalue weighted by molar-refractivity contribution is 0.412. The van der Waals surface area contributed by atoms with Crippen LogP contribution in [0.25, 0.3) is 0 Å². The molecular formula is C16H25NOS. The Morgan fingerprint density at radius 3 is 2.42 bits per heavy atom. The summed E-state index contributed by atoms with van der Waals surface area (Å²) in [5.41, 5.74) is 1.33. The zero-order chi connectivity index (χ0) is 13.7. The molecule has 1 saturated carbocycles. The Bertz CT molecular complexity index is 373. The van der Waals surface area contributed by atoms with Crippen LogP contribution >= 0.6 is 0 Å². The fourth-order valence-electron chi connectivity index (χ4n) is 2.60. The van der Waals surface area contributed by atoms with Crippen molar-refractivity contribution in [1.82, 2.24) is 4.72 Å². The molecule has 19 heavy (non-hydrogen) atoms. The van der Waals surface area contributed by atoms with E-state index in [1.165, 1.54) is 24.8 Å². The van der Waals surface area contributed by atoms with Crippen molar-refractivity contribution in [3.63, 3.8) is 0 Å². The van der Waals surface area contributed by atoms with Gasteiger partial charge in [0, 0.05) is 0 Å². The van der Waals surface area contributed by atoms with Gasteiger partial charge in [-0.1, -0.05) is 45.2 Å². The first-order chi connectivity index (χ1) is 9.20. The Labute approximate surface area is 120 Å². The molecule has 0 radical (unpaired) electrons. The standard InChI is InChI=1S/C16H25NOS/c1-3-13(2)14-9-11-16(12-10-14)19(18)17-15-7-5-4-6-8-15/h9-13,15,17H,3-8H2,1-2H3. The van der Waals surface area contributed by atoms with Crippen molar-refractivity contribution in [2.75, 3.05) is 0 Å². The predicted molar refractivity (Wildman–Crippen MR) is 81.6 cm³/mol. The molecule has 1 aromatic rings. The summed E-state index contributed by atoms with van der Waals surface area (Å²) < 4.78 is 15.5. The van der Waals surface area contributed by atoms with E-state index in [0.29, 0.717) is 12.0 Å². The molecule has 0 heterocycles. The van der Waals surface area contributed by atoms with Crippen LogP contribution < -0.4 is 4.72 Å². The van der Waals surface area contributed by atoms with E-state index in [-0.39, 0.29) is 0 Å². The molecule has 2 nitrogen and oxygen atoms in total. The molecule has 106 valence electrons. The van der Waals surface area contributed by atoms with Crippen molar-refractivity contribution in [2.24, 2.45) is 0 Å². The third-order valence-corrected chi connectivity index (χ3v) is 5.40. The molecule has 0 spiro atoms. The molecule has 0 amide bonds. The number of rotatable bonds is 5. The van der Waals surface area contributed by atoms with Gasteiger partial charge in [0.25, 0.3) is 0 Å².